The third-order valence-corrected chi connectivity index (χ3v) is 5.42. The van der Waals surface area contributed by atoms with E-state index in [4.69, 9.17) is 4.74 Å². The number of rotatable bonds is 2. The summed E-state index contributed by atoms with van der Waals surface area (Å²) in [5.74, 6) is 7.69. The molecule has 0 amide bonds. The molecule has 0 spiro atoms. The lowest BCUT2D eigenvalue weighted by atomic mass is 9.88. The van der Waals surface area contributed by atoms with E-state index >= 15 is 0 Å². The molecule has 5 rings (SSSR count). The fraction of sp³-hybridized carbons (Fsp3) is 0.0345. The highest BCUT2D eigenvalue weighted by molar-refractivity contribution is 6.16. The van der Waals surface area contributed by atoms with E-state index in [0.29, 0.717) is 0 Å². The Morgan fingerprint density at radius 1 is 0.533 bits per heavy atom. The Balaban J connectivity index is 1.84. The van der Waals surface area contributed by atoms with E-state index in [1.54, 1.807) is 7.11 Å². The standard InChI is InChI=1S/C29H20O/c1-30-23-18-16-22(17-19-23)29-27-13-7-5-11-24(27)26(25-12-6-8-14-28(25)29)20-15-21-9-3-2-4-10-21/h2-14,16-19H,1H3. The van der Waals surface area contributed by atoms with E-state index < -0.39 is 0 Å². The first-order valence-electron chi connectivity index (χ1n) is 10.00. The molecule has 5 aromatic carbocycles. The fourth-order valence-electron chi connectivity index (χ4n) is 3.99. The van der Waals surface area contributed by atoms with Gasteiger partial charge in [-0.15, -0.1) is 0 Å². The van der Waals surface area contributed by atoms with Crippen molar-refractivity contribution in [3.05, 3.63) is 114 Å². The highest BCUT2D eigenvalue weighted by atomic mass is 16.5. The predicted octanol–water partition coefficient (Wildman–Crippen LogP) is 7.07. The van der Waals surface area contributed by atoms with Gasteiger partial charge in [0.05, 0.1) is 7.11 Å². The van der Waals surface area contributed by atoms with E-state index in [1.165, 1.54) is 32.7 Å². The molecule has 0 aromatic heterocycles. The zero-order chi connectivity index (χ0) is 20.3. The third kappa shape index (κ3) is 3.19. The highest BCUT2D eigenvalue weighted by Gasteiger charge is 2.14. The van der Waals surface area contributed by atoms with Crippen molar-refractivity contribution in [1.82, 2.24) is 0 Å². The van der Waals surface area contributed by atoms with Gasteiger partial charge >= 0.3 is 0 Å². The molecule has 0 N–H and O–H groups in total. The zero-order valence-corrected chi connectivity index (χ0v) is 16.7. The minimum Gasteiger partial charge on any atom is -0.497 e. The second kappa shape index (κ2) is 7.78. The lowest BCUT2D eigenvalue weighted by Crippen LogP contribution is -1.91. The van der Waals surface area contributed by atoms with Gasteiger partial charge in [0.2, 0.25) is 0 Å². The van der Waals surface area contributed by atoms with Crippen molar-refractivity contribution in [2.75, 3.05) is 7.11 Å². The van der Waals surface area contributed by atoms with Crippen LogP contribution in [0.4, 0.5) is 0 Å². The maximum absolute atomic E-state index is 5.35. The summed E-state index contributed by atoms with van der Waals surface area (Å²) in [5, 5.41) is 4.76. The normalized spacial score (nSPS) is 10.6. The molecule has 0 radical (unpaired) electrons. The molecule has 5 aromatic rings. The summed E-state index contributed by atoms with van der Waals surface area (Å²) in [6.07, 6.45) is 0. The SMILES string of the molecule is COc1ccc(-c2c3ccccc3c(C#Cc3ccccc3)c3ccccc23)cc1. The molecular weight excluding hydrogens is 364 g/mol. The van der Waals surface area contributed by atoms with Crippen molar-refractivity contribution in [2.24, 2.45) is 0 Å². The van der Waals surface area contributed by atoms with Crippen LogP contribution in [0, 0.1) is 11.8 Å². The number of ether oxygens (including phenoxy) is 1. The molecule has 0 bridgehead atoms. The van der Waals surface area contributed by atoms with Crippen molar-refractivity contribution in [1.29, 1.82) is 0 Å². The maximum atomic E-state index is 5.35. The monoisotopic (exact) mass is 384 g/mol. The van der Waals surface area contributed by atoms with Gasteiger partial charge in [0, 0.05) is 11.1 Å². The number of fused-ring (bicyclic) bond motifs is 2. The molecule has 142 valence electrons. The second-order valence-electron chi connectivity index (χ2n) is 7.19. The summed E-state index contributed by atoms with van der Waals surface area (Å²) in [7, 11) is 1.69. The van der Waals surface area contributed by atoms with Crippen molar-refractivity contribution >= 4 is 21.5 Å². The molecule has 0 unspecified atom stereocenters. The molecule has 1 heteroatoms. The van der Waals surface area contributed by atoms with Crippen LogP contribution in [0.1, 0.15) is 11.1 Å². The topological polar surface area (TPSA) is 9.23 Å². The first-order chi connectivity index (χ1) is 14.8. The Kier molecular flexibility index (Phi) is 4.68. The van der Waals surface area contributed by atoms with Crippen LogP contribution in [0.25, 0.3) is 32.7 Å². The van der Waals surface area contributed by atoms with Crippen LogP contribution in [-0.4, -0.2) is 7.11 Å². The largest absolute Gasteiger partial charge is 0.497 e. The summed E-state index contributed by atoms with van der Waals surface area (Å²) in [5.41, 5.74) is 4.49. The minimum atomic E-state index is 0.859. The Hall–Kier alpha value is -4.02. The van der Waals surface area contributed by atoms with Crippen LogP contribution >= 0.6 is 0 Å². The second-order valence-corrected chi connectivity index (χ2v) is 7.19. The molecule has 0 atom stereocenters. The number of hydrogen-bond acceptors (Lipinski definition) is 1. The first-order valence-corrected chi connectivity index (χ1v) is 10.00. The summed E-state index contributed by atoms with van der Waals surface area (Å²) >= 11 is 0. The van der Waals surface area contributed by atoms with Gasteiger partial charge in [0.1, 0.15) is 5.75 Å². The number of methoxy groups -OCH3 is 1. The Labute approximate surface area is 176 Å². The molecular formula is C29H20O. The van der Waals surface area contributed by atoms with Crippen molar-refractivity contribution < 1.29 is 4.74 Å². The Morgan fingerprint density at radius 2 is 1.07 bits per heavy atom. The van der Waals surface area contributed by atoms with Crippen LogP contribution in [-0.2, 0) is 0 Å². The van der Waals surface area contributed by atoms with Gasteiger partial charge in [-0.05, 0) is 56.9 Å². The van der Waals surface area contributed by atoms with Crippen LogP contribution in [0.3, 0.4) is 0 Å². The predicted molar refractivity (Wildman–Crippen MR) is 126 cm³/mol. The summed E-state index contributed by atoms with van der Waals surface area (Å²) in [4.78, 5) is 0. The van der Waals surface area contributed by atoms with Crippen molar-refractivity contribution in [3.63, 3.8) is 0 Å². The lowest BCUT2D eigenvalue weighted by molar-refractivity contribution is 0.415. The van der Waals surface area contributed by atoms with E-state index in [2.05, 4.69) is 72.5 Å². The van der Waals surface area contributed by atoms with E-state index in [0.717, 1.165) is 16.9 Å². The van der Waals surface area contributed by atoms with Crippen LogP contribution in [0.5, 0.6) is 5.75 Å². The first kappa shape index (κ1) is 18.0. The molecule has 0 heterocycles. The zero-order valence-electron chi connectivity index (χ0n) is 16.7. The third-order valence-electron chi connectivity index (χ3n) is 5.42. The minimum absolute atomic E-state index is 0.859. The molecule has 0 saturated heterocycles. The molecule has 1 nitrogen and oxygen atoms in total. The maximum Gasteiger partial charge on any atom is 0.118 e. The van der Waals surface area contributed by atoms with Gasteiger partial charge < -0.3 is 4.74 Å². The lowest BCUT2D eigenvalue weighted by Gasteiger charge is -2.15. The Morgan fingerprint density at radius 3 is 1.63 bits per heavy atom. The van der Waals surface area contributed by atoms with Gasteiger partial charge in [-0.1, -0.05) is 90.7 Å². The average molecular weight is 384 g/mol. The molecule has 0 aliphatic rings. The van der Waals surface area contributed by atoms with Gasteiger partial charge in [-0.3, -0.25) is 0 Å². The smallest absolute Gasteiger partial charge is 0.118 e. The highest BCUT2D eigenvalue weighted by Crippen LogP contribution is 2.39. The summed E-state index contributed by atoms with van der Waals surface area (Å²) in [6.45, 7) is 0. The number of benzene rings is 5. The molecule has 0 saturated carbocycles. The van der Waals surface area contributed by atoms with Gasteiger partial charge in [-0.25, -0.2) is 0 Å². The Bertz CT molecular complexity index is 1340. The van der Waals surface area contributed by atoms with Gasteiger partial charge in [-0.2, -0.15) is 0 Å². The summed E-state index contributed by atoms with van der Waals surface area (Å²) < 4.78 is 5.35. The quantitative estimate of drug-likeness (QED) is 0.234. The fourth-order valence-corrected chi connectivity index (χ4v) is 3.99. The van der Waals surface area contributed by atoms with E-state index in [1.807, 2.05) is 42.5 Å². The van der Waals surface area contributed by atoms with Gasteiger partial charge in [0.15, 0.2) is 0 Å². The average Bonchev–Trinajstić information content (AvgIpc) is 2.82. The molecule has 0 fully saturated rings. The van der Waals surface area contributed by atoms with Crippen molar-refractivity contribution in [3.8, 4) is 28.7 Å². The van der Waals surface area contributed by atoms with E-state index in [9.17, 15) is 0 Å². The summed E-state index contributed by atoms with van der Waals surface area (Å²) in [6, 6.07) is 35.5. The van der Waals surface area contributed by atoms with E-state index in [-0.39, 0.29) is 0 Å². The van der Waals surface area contributed by atoms with Crippen LogP contribution < -0.4 is 4.74 Å². The molecule has 30 heavy (non-hydrogen) atoms. The molecule has 0 aliphatic heterocycles. The molecule has 0 aliphatic carbocycles. The number of hydrogen-bond donors (Lipinski definition) is 0. The van der Waals surface area contributed by atoms with Gasteiger partial charge in [0.25, 0.3) is 0 Å². The van der Waals surface area contributed by atoms with Crippen LogP contribution in [0.15, 0.2) is 103 Å². The van der Waals surface area contributed by atoms with Crippen LogP contribution in [0.2, 0.25) is 0 Å². The van der Waals surface area contributed by atoms with Crippen molar-refractivity contribution in [2.45, 2.75) is 0 Å².